The summed E-state index contributed by atoms with van der Waals surface area (Å²) in [6.45, 7) is 3.25. The maximum Gasteiger partial charge on any atom is 0.303 e. The molecule has 2 aromatic carbocycles. The third kappa shape index (κ3) is 3.33. The SMILES string of the molecule is CCc1ccc(C2Oc3cc(O)cc(O)c3CC2OC(C)=O)cc1O. The van der Waals surface area contributed by atoms with Gasteiger partial charge in [0.15, 0.2) is 6.10 Å². The van der Waals surface area contributed by atoms with Gasteiger partial charge in [0.1, 0.15) is 29.1 Å². The van der Waals surface area contributed by atoms with Crippen molar-refractivity contribution in [3.8, 4) is 23.0 Å². The largest absolute Gasteiger partial charge is 0.508 e. The lowest BCUT2D eigenvalue weighted by Gasteiger charge is -2.33. The molecule has 0 bridgehead atoms. The highest BCUT2D eigenvalue weighted by Crippen LogP contribution is 2.43. The number of aryl methyl sites for hydroxylation is 1. The lowest BCUT2D eigenvalue weighted by Crippen LogP contribution is -2.34. The van der Waals surface area contributed by atoms with Crippen molar-refractivity contribution in [2.24, 2.45) is 0 Å². The Bertz CT molecular complexity index is 814. The molecule has 6 nitrogen and oxygen atoms in total. The van der Waals surface area contributed by atoms with Crippen LogP contribution in [0.4, 0.5) is 0 Å². The van der Waals surface area contributed by atoms with Gasteiger partial charge in [-0.05, 0) is 23.6 Å². The number of carbonyl (C=O) groups is 1. The van der Waals surface area contributed by atoms with Gasteiger partial charge in [-0.15, -0.1) is 0 Å². The van der Waals surface area contributed by atoms with E-state index in [9.17, 15) is 20.1 Å². The van der Waals surface area contributed by atoms with E-state index in [2.05, 4.69) is 0 Å². The van der Waals surface area contributed by atoms with Crippen LogP contribution in [0.15, 0.2) is 30.3 Å². The molecule has 1 aliphatic rings. The van der Waals surface area contributed by atoms with E-state index in [1.165, 1.54) is 19.1 Å². The van der Waals surface area contributed by atoms with Crippen molar-refractivity contribution in [1.29, 1.82) is 0 Å². The van der Waals surface area contributed by atoms with Crippen LogP contribution in [0.2, 0.25) is 0 Å². The highest BCUT2D eigenvalue weighted by molar-refractivity contribution is 5.66. The van der Waals surface area contributed by atoms with Crippen LogP contribution in [-0.4, -0.2) is 27.4 Å². The number of rotatable bonds is 3. The third-order valence-electron chi connectivity index (χ3n) is 4.30. The summed E-state index contributed by atoms with van der Waals surface area (Å²) in [5.74, 6) is -0.227. The first-order valence-electron chi connectivity index (χ1n) is 8.09. The van der Waals surface area contributed by atoms with Crippen LogP contribution in [0.1, 0.15) is 36.6 Å². The molecule has 1 aliphatic heterocycles. The third-order valence-corrected chi connectivity index (χ3v) is 4.30. The summed E-state index contributed by atoms with van der Waals surface area (Å²) < 4.78 is 11.3. The van der Waals surface area contributed by atoms with Crippen LogP contribution < -0.4 is 4.74 Å². The van der Waals surface area contributed by atoms with Crippen LogP contribution in [-0.2, 0) is 22.4 Å². The molecule has 3 rings (SSSR count). The quantitative estimate of drug-likeness (QED) is 0.741. The summed E-state index contributed by atoms with van der Waals surface area (Å²) >= 11 is 0. The summed E-state index contributed by atoms with van der Waals surface area (Å²) in [7, 11) is 0. The molecule has 132 valence electrons. The normalized spacial score (nSPS) is 19.0. The molecule has 0 aliphatic carbocycles. The Hall–Kier alpha value is -2.89. The second kappa shape index (κ2) is 6.55. The first-order chi connectivity index (χ1) is 11.9. The van der Waals surface area contributed by atoms with Gasteiger partial charge in [0.2, 0.25) is 0 Å². The first kappa shape index (κ1) is 17.0. The number of phenols is 3. The Balaban J connectivity index is 2.03. The Morgan fingerprint density at radius 2 is 1.96 bits per heavy atom. The van der Waals surface area contributed by atoms with E-state index in [0.717, 1.165) is 5.56 Å². The molecule has 0 amide bonds. The van der Waals surface area contributed by atoms with Crippen molar-refractivity contribution in [2.75, 3.05) is 0 Å². The van der Waals surface area contributed by atoms with Gasteiger partial charge in [0.05, 0.1) is 0 Å². The van der Waals surface area contributed by atoms with E-state index in [1.807, 2.05) is 13.0 Å². The fourth-order valence-corrected chi connectivity index (χ4v) is 3.10. The van der Waals surface area contributed by atoms with Crippen molar-refractivity contribution in [3.05, 3.63) is 47.0 Å². The average molecular weight is 344 g/mol. The van der Waals surface area contributed by atoms with Gasteiger partial charge in [-0.2, -0.15) is 0 Å². The molecule has 1 heterocycles. The van der Waals surface area contributed by atoms with Crippen molar-refractivity contribution >= 4 is 5.97 Å². The average Bonchev–Trinajstić information content (AvgIpc) is 2.54. The zero-order valence-electron chi connectivity index (χ0n) is 14.0. The lowest BCUT2D eigenvalue weighted by molar-refractivity contribution is -0.152. The van der Waals surface area contributed by atoms with Gasteiger partial charge in [-0.25, -0.2) is 0 Å². The summed E-state index contributed by atoms with van der Waals surface area (Å²) in [5, 5.41) is 29.9. The molecular weight excluding hydrogens is 324 g/mol. The van der Waals surface area contributed by atoms with Gasteiger partial charge in [0.25, 0.3) is 0 Å². The van der Waals surface area contributed by atoms with Crippen molar-refractivity contribution in [2.45, 2.75) is 38.9 Å². The van der Waals surface area contributed by atoms with Crippen LogP contribution in [0.3, 0.4) is 0 Å². The molecule has 2 aromatic rings. The minimum absolute atomic E-state index is 0.116. The van der Waals surface area contributed by atoms with Gasteiger partial charge in [-0.1, -0.05) is 19.1 Å². The Labute approximate surface area is 145 Å². The van der Waals surface area contributed by atoms with E-state index in [4.69, 9.17) is 9.47 Å². The van der Waals surface area contributed by atoms with Gasteiger partial charge in [-0.3, -0.25) is 4.79 Å². The molecule has 2 atom stereocenters. The van der Waals surface area contributed by atoms with E-state index in [1.54, 1.807) is 12.1 Å². The summed E-state index contributed by atoms with van der Waals surface area (Å²) in [6.07, 6.45) is -0.390. The summed E-state index contributed by atoms with van der Waals surface area (Å²) in [4.78, 5) is 11.5. The second-order valence-corrected chi connectivity index (χ2v) is 6.07. The van der Waals surface area contributed by atoms with Crippen molar-refractivity contribution in [1.82, 2.24) is 0 Å². The number of hydrogen-bond donors (Lipinski definition) is 3. The fraction of sp³-hybridized carbons (Fsp3) is 0.316. The van der Waals surface area contributed by atoms with Crippen LogP contribution in [0.5, 0.6) is 23.0 Å². The number of fused-ring (bicyclic) bond motifs is 1. The second-order valence-electron chi connectivity index (χ2n) is 6.07. The first-order valence-corrected chi connectivity index (χ1v) is 8.09. The smallest absolute Gasteiger partial charge is 0.303 e. The highest BCUT2D eigenvalue weighted by atomic mass is 16.6. The van der Waals surface area contributed by atoms with E-state index >= 15 is 0 Å². The maximum atomic E-state index is 11.5. The molecule has 6 heteroatoms. The number of aromatic hydroxyl groups is 3. The molecular formula is C19H20O6. The lowest BCUT2D eigenvalue weighted by atomic mass is 9.93. The van der Waals surface area contributed by atoms with Gasteiger partial charge in [0, 0.05) is 31.0 Å². The zero-order valence-corrected chi connectivity index (χ0v) is 14.0. The van der Waals surface area contributed by atoms with Crippen LogP contribution in [0, 0.1) is 0 Å². The predicted molar refractivity (Wildman–Crippen MR) is 89.9 cm³/mol. The van der Waals surface area contributed by atoms with Crippen molar-refractivity contribution in [3.63, 3.8) is 0 Å². The monoisotopic (exact) mass is 344 g/mol. The van der Waals surface area contributed by atoms with Gasteiger partial charge >= 0.3 is 5.97 Å². The molecule has 0 aromatic heterocycles. The number of benzene rings is 2. The molecule has 25 heavy (non-hydrogen) atoms. The zero-order chi connectivity index (χ0) is 18.1. The highest BCUT2D eigenvalue weighted by Gasteiger charge is 2.35. The molecule has 0 saturated heterocycles. The molecule has 0 radical (unpaired) electrons. The molecule has 0 spiro atoms. The number of hydrogen-bond acceptors (Lipinski definition) is 6. The van der Waals surface area contributed by atoms with E-state index < -0.39 is 18.2 Å². The minimum Gasteiger partial charge on any atom is -0.508 e. The predicted octanol–water partition coefficient (Wildman–Crippen LogP) is 2.97. The Morgan fingerprint density at radius 1 is 1.20 bits per heavy atom. The number of ether oxygens (including phenoxy) is 2. The molecule has 0 fully saturated rings. The van der Waals surface area contributed by atoms with Crippen molar-refractivity contribution < 1.29 is 29.6 Å². The standard InChI is InChI=1S/C19H20O6/c1-3-11-4-5-12(6-15(11)22)19-18(24-10(2)20)9-14-16(23)7-13(21)8-17(14)25-19/h4-8,18-19,21-23H,3,9H2,1-2H3. The fourth-order valence-electron chi connectivity index (χ4n) is 3.10. The van der Waals surface area contributed by atoms with Gasteiger partial charge < -0.3 is 24.8 Å². The summed E-state index contributed by atoms with van der Waals surface area (Å²) in [5.41, 5.74) is 1.92. The number of phenolic OH excluding ortho intramolecular Hbond substituents is 3. The molecule has 3 N–H and O–H groups in total. The van der Waals surface area contributed by atoms with E-state index in [0.29, 0.717) is 23.3 Å². The topological polar surface area (TPSA) is 96.2 Å². The Kier molecular flexibility index (Phi) is 4.44. The maximum absolute atomic E-state index is 11.5. The minimum atomic E-state index is -0.660. The molecule has 0 saturated carbocycles. The van der Waals surface area contributed by atoms with E-state index in [-0.39, 0.29) is 23.7 Å². The van der Waals surface area contributed by atoms with Crippen LogP contribution >= 0.6 is 0 Å². The molecule has 2 unspecified atom stereocenters. The summed E-state index contributed by atoms with van der Waals surface area (Å²) in [6, 6.07) is 7.83. The van der Waals surface area contributed by atoms with Crippen LogP contribution in [0.25, 0.3) is 0 Å². The number of esters is 1. The Morgan fingerprint density at radius 3 is 2.60 bits per heavy atom. The number of carbonyl (C=O) groups excluding carboxylic acids is 1.